The molecule has 2 heterocycles. The molecule has 0 bridgehead atoms. The number of hydrogen-bond donors (Lipinski definition) is 3. The van der Waals surface area contributed by atoms with Crippen LogP contribution in [0.1, 0.15) is 42.1 Å². The molecule has 1 aliphatic heterocycles. The summed E-state index contributed by atoms with van der Waals surface area (Å²) < 4.78 is 11.4. The van der Waals surface area contributed by atoms with Gasteiger partial charge in [-0.3, -0.25) is 4.79 Å². The summed E-state index contributed by atoms with van der Waals surface area (Å²) in [7, 11) is 0. The second-order valence-corrected chi connectivity index (χ2v) is 7.70. The van der Waals surface area contributed by atoms with Crippen molar-refractivity contribution in [1.82, 2.24) is 9.97 Å². The van der Waals surface area contributed by atoms with Crippen molar-refractivity contribution < 1.29 is 19.4 Å². The van der Waals surface area contributed by atoms with Gasteiger partial charge in [0.15, 0.2) is 11.5 Å². The Morgan fingerprint density at radius 3 is 2.64 bits per heavy atom. The summed E-state index contributed by atoms with van der Waals surface area (Å²) >= 11 is 0. The van der Waals surface area contributed by atoms with E-state index >= 15 is 0 Å². The molecule has 1 aliphatic rings. The van der Waals surface area contributed by atoms with E-state index in [1.165, 1.54) is 0 Å². The van der Waals surface area contributed by atoms with Crippen LogP contribution in [0, 0.1) is 11.8 Å². The number of nitrogens with zero attached hydrogens (tertiary/aromatic N) is 2. The number of rotatable bonds is 5. The molecule has 5 N–H and O–H groups in total. The number of anilines is 2. The van der Waals surface area contributed by atoms with Gasteiger partial charge in [-0.25, -0.2) is 4.98 Å². The lowest BCUT2D eigenvalue weighted by Gasteiger charge is -2.12. The molecule has 0 amide bonds. The lowest BCUT2D eigenvalue weighted by Crippen LogP contribution is -2.06. The van der Waals surface area contributed by atoms with Crippen molar-refractivity contribution in [3.8, 4) is 34.5 Å². The van der Waals surface area contributed by atoms with Crippen LogP contribution in [0.25, 0.3) is 11.1 Å². The van der Waals surface area contributed by atoms with E-state index in [4.69, 9.17) is 26.0 Å². The summed E-state index contributed by atoms with van der Waals surface area (Å²) in [6.07, 6.45) is 0.615. The average molecular weight is 444 g/mol. The maximum Gasteiger partial charge on any atom is 0.307 e. The van der Waals surface area contributed by atoms with E-state index in [1.54, 1.807) is 12.1 Å². The van der Waals surface area contributed by atoms with Crippen LogP contribution in [-0.2, 0) is 17.6 Å². The lowest BCUT2D eigenvalue weighted by molar-refractivity contribution is -0.136. The Labute approximate surface area is 191 Å². The second kappa shape index (κ2) is 9.09. The number of carboxylic acids is 1. The molecular formula is C25H24N4O4. The topological polar surface area (TPSA) is 134 Å². The molecule has 8 nitrogen and oxygen atoms in total. The summed E-state index contributed by atoms with van der Waals surface area (Å²) in [6.45, 7) is 4.09. The number of aryl methyl sites for hydroxylation is 1. The van der Waals surface area contributed by atoms with Crippen LogP contribution in [0.5, 0.6) is 11.5 Å². The maximum absolute atomic E-state index is 11.0. The summed E-state index contributed by atoms with van der Waals surface area (Å²) in [5.41, 5.74) is 16.5. The largest absolute Gasteiger partial charge is 0.481 e. The summed E-state index contributed by atoms with van der Waals surface area (Å²) in [5, 5.41) is 9.00. The van der Waals surface area contributed by atoms with Crippen molar-refractivity contribution in [2.45, 2.75) is 32.6 Å². The number of nitrogen functional groups attached to an aromatic ring is 2. The zero-order valence-corrected chi connectivity index (χ0v) is 18.4. The molecule has 3 aromatic rings. The number of nitrogens with two attached hydrogens (primary N) is 2. The molecule has 1 aromatic heterocycles. The van der Waals surface area contributed by atoms with E-state index in [2.05, 4.69) is 21.8 Å². The summed E-state index contributed by atoms with van der Waals surface area (Å²) in [6, 6.07) is 11.3. The van der Waals surface area contributed by atoms with Gasteiger partial charge in [-0.15, -0.1) is 0 Å². The van der Waals surface area contributed by atoms with E-state index in [-0.39, 0.29) is 30.9 Å². The van der Waals surface area contributed by atoms with Crippen LogP contribution in [0.3, 0.4) is 0 Å². The van der Waals surface area contributed by atoms with Crippen LogP contribution in [-0.4, -0.2) is 27.8 Å². The molecule has 1 atom stereocenters. The standard InChI is InChI=1S/C25H24N4O4/c1-3-20-18(24(26)29-25(27)28-20)9-4-14(2)17-11-19(23-21(12-17)32-13-33-23)16-7-5-15(6-8-16)10-22(30)31/h5-8,11-12,14H,3,10,13H2,1-2H3,(H,30,31)(H4,26,27,28,29). The molecule has 168 valence electrons. The molecule has 8 heteroatoms. The third-order valence-corrected chi connectivity index (χ3v) is 5.39. The van der Waals surface area contributed by atoms with Crippen molar-refractivity contribution in [1.29, 1.82) is 0 Å². The normalized spacial score (nSPS) is 12.7. The first-order chi connectivity index (χ1) is 15.9. The molecule has 0 spiro atoms. The number of aliphatic carboxylic acids is 1. The first kappa shape index (κ1) is 22.0. The van der Waals surface area contributed by atoms with Gasteiger partial charge in [0.05, 0.1) is 17.7 Å². The quantitative estimate of drug-likeness (QED) is 0.510. The molecule has 4 rings (SSSR count). The molecule has 33 heavy (non-hydrogen) atoms. The average Bonchev–Trinajstić information content (AvgIpc) is 3.26. The summed E-state index contributed by atoms with van der Waals surface area (Å²) in [4.78, 5) is 19.2. The van der Waals surface area contributed by atoms with Gasteiger partial charge in [-0.1, -0.05) is 43.0 Å². The Morgan fingerprint density at radius 2 is 1.94 bits per heavy atom. The van der Waals surface area contributed by atoms with E-state index < -0.39 is 5.97 Å². The minimum atomic E-state index is -0.867. The van der Waals surface area contributed by atoms with Gasteiger partial charge in [-0.05, 0) is 42.2 Å². The number of carbonyl (C=O) groups is 1. The van der Waals surface area contributed by atoms with Crippen molar-refractivity contribution >= 4 is 17.7 Å². The number of carboxylic acid groups (broad SMARTS) is 1. The predicted octanol–water partition coefficient (Wildman–Crippen LogP) is 3.38. The highest BCUT2D eigenvalue weighted by Crippen LogP contribution is 2.43. The highest BCUT2D eigenvalue weighted by molar-refractivity contribution is 5.77. The van der Waals surface area contributed by atoms with Gasteiger partial charge in [0.25, 0.3) is 0 Å². The molecule has 1 unspecified atom stereocenters. The smallest absolute Gasteiger partial charge is 0.307 e. The third kappa shape index (κ3) is 4.67. The number of hydrogen-bond acceptors (Lipinski definition) is 7. The molecular weight excluding hydrogens is 420 g/mol. The maximum atomic E-state index is 11.0. The van der Waals surface area contributed by atoms with Crippen LogP contribution in [0.4, 0.5) is 11.8 Å². The minimum absolute atomic E-state index is 0.0254. The van der Waals surface area contributed by atoms with Crippen LogP contribution < -0.4 is 20.9 Å². The number of fused-ring (bicyclic) bond motifs is 1. The van der Waals surface area contributed by atoms with E-state index in [9.17, 15) is 4.79 Å². The minimum Gasteiger partial charge on any atom is -0.481 e. The highest BCUT2D eigenvalue weighted by atomic mass is 16.7. The van der Waals surface area contributed by atoms with Gasteiger partial charge in [0.2, 0.25) is 12.7 Å². The van der Waals surface area contributed by atoms with Gasteiger partial charge >= 0.3 is 5.97 Å². The summed E-state index contributed by atoms with van der Waals surface area (Å²) in [5.74, 6) is 7.07. The predicted molar refractivity (Wildman–Crippen MR) is 125 cm³/mol. The van der Waals surface area contributed by atoms with E-state index in [0.717, 1.165) is 22.3 Å². The second-order valence-electron chi connectivity index (χ2n) is 7.70. The third-order valence-electron chi connectivity index (χ3n) is 5.39. The zero-order valence-electron chi connectivity index (χ0n) is 18.4. The molecule has 0 saturated carbocycles. The first-order valence-electron chi connectivity index (χ1n) is 10.5. The number of ether oxygens (including phenoxy) is 2. The Morgan fingerprint density at radius 1 is 1.18 bits per heavy atom. The Hall–Kier alpha value is -4.25. The number of aromatic nitrogens is 2. The van der Waals surface area contributed by atoms with Crippen LogP contribution >= 0.6 is 0 Å². The van der Waals surface area contributed by atoms with Gasteiger partial charge in [0, 0.05) is 11.5 Å². The fourth-order valence-corrected chi connectivity index (χ4v) is 3.67. The molecule has 0 radical (unpaired) electrons. The van der Waals surface area contributed by atoms with Crippen molar-refractivity contribution in [2.24, 2.45) is 0 Å². The molecule has 2 aromatic carbocycles. The molecule has 0 fully saturated rings. The first-order valence-corrected chi connectivity index (χ1v) is 10.5. The Bertz CT molecular complexity index is 1280. The fourth-order valence-electron chi connectivity index (χ4n) is 3.67. The molecule has 0 aliphatic carbocycles. The van der Waals surface area contributed by atoms with Gasteiger partial charge < -0.3 is 26.0 Å². The monoisotopic (exact) mass is 444 g/mol. The van der Waals surface area contributed by atoms with Gasteiger partial charge in [0.1, 0.15) is 5.82 Å². The number of benzene rings is 2. The molecule has 0 saturated heterocycles. The van der Waals surface area contributed by atoms with E-state index in [0.29, 0.717) is 29.2 Å². The lowest BCUT2D eigenvalue weighted by atomic mass is 9.94. The highest BCUT2D eigenvalue weighted by Gasteiger charge is 2.22. The van der Waals surface area contributed by atoms with Gasteiger partial charge in [-0.2, -0.15) is 4.98 Å². The Kier molecular flexibility index (Phi) is 6.05. The SMILES string of the molecule is CCc1nc(N)nc(N)c1C#CC(C)c1cc2c(c(-c3ccc(CC(=O)O)cc3)c1)OCO2. The zero-order chi connectivity index (χ0) is 23.5. The van der Waals surface area contributed by atoms with Crippen molar-refractivity contribution in [3.05, 3.63) is 58.8 Å². The van der Waals surface area contributed by atoms with Crippen molar-refractivity contribution in [2.75, 3.05) is 18.3 Å². The van der Waals surface area contributed by atoms with E-state index in [1.807, 2.05) is 38.1 Å². The van der Waals surface area contributed by atoms with Crippen LogP contribution in [0.2, 0.25) is 0 Å². The van der Waals surface area contributed by atoms with Crippen LogP contribution in [0.15, 0.2) is 36.4 Å². The van der Waals surface area contributed by atoms with Crippen molar-refractivity contribution in [3.63, 3.8) is 0 Å². The Balaban J connectivity index is 1.69. The fraction of sp³-hybridized carbons (Fsp3) is 0.240.